The second-order valence-corrected chi connectivity index (χ2v) is 7.17. The topological polar surface area (TPSA) is 36.4 Å². The monoisotopic (exact) mass is 337 g/mol. The maximum atomic E-state index is 12.9. The maximum Gasteiger partial charge on any atom is 0.227 e. The molecular formula is C21H27N3O. The molecule has 0 radical (unpaired) electrons. The molecule has 2 heterocycles. The van der Waals surface area contributed by atoms with Gasteiger partial charge in [-0.3, -0.25) is 9.78 Å². The number of pyridine rings is 1. The largest absolute Gasteiger partial charge is 0.335 e. The lowest BCUT2D eigenvalue weighted by molar-refractivity contribution is -0.131. The first-order valence-corrected chi connectivity index (χ1v) is 8.98. The molecule has 1 aliphatic heterocycles. The van der Waals surface area contributed by atoms with Gasteiger partial charge in [0.15, 0.2) is 0 Å². The SMILES string of the molecule is Cc1ccccc1CC(=O)N1CCCC1c1ccnc(CN(C)C)c1. The lowest BCUT2D eigenvalue weighted by atomic mass is 10.0. The van der Waals surface area contributed by atoms with Crippen molar-refractivity contribution in [3.8, 4) is 0 Å². The summed E-state index contributed by atoms with van der Waals surface area (Å²) >= 11 is 0. The Morgan fingerprint density at radius 3 is 2.84 bits per heavy atom. The zero-order valence-corrected chi connectivity index (χ0v) is 15.4. The first-order chi connectivity index (χ1) is 12.0. The van der Waals surface area contributed by atoms with Crippen LogP contribution in [-0.2, 0) is 17.8 Å². The number of benzene rings is 1. The Morgan fingerprint density at radius 2 is 2.08 bits per heavy atom. The number of carbonyl (C=O) groups excluding carboxylic acids is 1. The third-order valence-electron chi connectivity index (χ3n) is 4.88. The summed E-state index contributed by atoms with van der Waals surface area (Å²) in [7, 11) is 4.09. The number of amides is 1. The number of aromatic nitrogens is 1. The molecule has 4 nitrogen and oxygen atoms in total. The first kappa shape index (κ1) is 17.6. The molecule has 0 spiro atoms. The van der Waals surface area contributed by atoms with Crippen molar-refractivity contribution in [1.82, 2.24) is 14.8 Å². The van der Waals surface area contributed by atoms with Gasteiger partial charge >= 0.3 is 0 Å². The first-order valence-electron chi connectivity index (χ1n) is 8.98. The highest BCUT2D eigenvalue weighted by Crippen LogP contribution is 2.32. The Balaban J connectivity index is 1.76. The van der Waals surface area contributed by atoms with Gasteiger partial charge in [0.05, 0.1) is 18.2 Å². The van der Waals surface area contributed by atoms with Crippen molar-refractivity contribution in [2.75, 3.05) is 20.6 Å². The minimum Gasteiger partial charge on any atom is -0.335 e. The lowest BCUT2D eigenvalue weighted by Crippen LogP contribution is -2.32. The summed E-state index contributed by atoms with van der Waals surface area (Å²) < 4.78 is 0. The molecule has 0 N–H and O–H groups in total. The average Bonchev–Trinajstić information content (AvgIpc) is 3.06. The van der Waals surface area contributed by atoms with Crippen molar-refractivity contribution < 1.29 is 4.79 Å². The molecule has 0 aliphatic carbocycles. The molecule has 1 fully saturated rings. The van der Waals surface area contributed by atoms with E-state index in [1.165, 1.54) is 11.1 Å². The molecule has 1 amide bonds. The minimum absolute atomic E-state index is 0.181. The van der Waals surface area contributed by atoms with Crippen LogP contribution < -0.4 is 0 Å². The Labute approximate surface area is 150 Å². The van der Waals surface area contributed by atoms with Crippen LogP contribution in [0, 0.1) is 6.92 Å². The van der Waals surface area contributed by atoms with Crippen LogP contribution in [0.4, 0.5) is 0 Å². The molecular weight excluding hydrogens is 310 g/mol. The van der Waals surface area contributed by atoms with E-state index in [4.69, 9.17) is 0 Å². The van der Waals surface area contributed by atoms with Crippen molar-refractivity contribution in [2.45, 2.75) is 38.8 Å². The van der Waals surface area contributed by atoms with E-state index in [0.717, 1.165) is 37.2 Å². The number of hydrogen-bond donors (Lipinski definition) is 0. The highest BCUT2D eigenvalue weighted by molar-refractivity contribution is 5.80. The highest BCUT2D eigenvalue weighted by atomic mass is 16.2. The van der Waals surface area contributed by atoms with Crippen LogP contribution in [0.2, 0.25) is 0 Å². The van der Waals surface area contributed by atoms with Gasteiger partial charge in [-0.15, -0.1) is 0 Å². The number of nitrogens with zero attached hydrogens (tertiary/aromatic N) is 3. The number of aryl methyl sites for hydroxylation is 1. The van der Waals surface area contributed by atoms with E-state index in [1.54, 1.807) is 0 Å². The fourth-order valence-electron chi connectivity index (χ4n) is 3.60. The van der Waals surface area contributed by atoms with E-state index in [-0.39, 0.29) is 11.9 Å². The molecule has 1 atom stereocenters. The van der Waals surface area contributed by atoms with E-state index < -0.39 is 0 Å². The Kier molecular flexibility index (Phi) is 5.49. The Bertz CT molecular complexity index is 741. The van der Waals surface area contributed by atoms with Crippen LogP contribution in [0.5, 0.6) is 0 Å². The summed E-state index contributed by atoms with van der Waals surface area (Å²) in [6, 6.07) is 12.5. The van der Waals surface area contributed by atoms with E-state index >= 15 is 0 Å². The van der Waals surface area contributed by atoms with Crippen molar-refractivity contribution in [3.63, 3.8) is 0 Å². The molecule has 1 aliphatic rings. The van der Waals surface area contributed by atoms with Crippen LogP contribution in [0.3, 0.4) is 0 Å². The Hall–Kier alpha value is -2.20. The molecule has 2 aromatic rings. The van der Waals surface area contributed by atoms with Gasteiger partial charge in [0, 0.05) is 19.3 Å². The third kappa shape index (κ3) is 4.26. The van der Waals surface area contributed by atoms with Gasteiger partial charge in [0.2, 0.25) is 5.91 Å². The fraction of sp³-hybridized carbons (Fsp3) is 0.429. The van der Waals surface area contributed by atoms with Crippen molar-refractivity contribution in [1.29, 1.82) is 0 Å². The molecule has 1 aromatic carbocycles. The predicted molar refractivity (Wildman–Crippen MR) is 100 cm³/mol. The molecule has 1 aromatic heterocycles. The van der Waals surface area contributed by atoms with Crippen LogP contribution in [0.15, 0.2) is 42.6 Å². The molecule has 1 saturated heterocycles. The van der Waals surface area contributed by atoms with E-state index in [2.05, 4.69) is 46.0 Å². The van der Waals surface area contributed by atoms with Gasteiger partial charge < -0.3 is 9.80 Å². The summed E-state index contributed by atoms with van der Waals surface area (Å²) in [6.07, 6.45) is 4.45. The average molecular weight is 337 g/mol. The summed E-state index contributed by atoms with van der Waals surface area (Å²) in [5.74, 6) is 0.225. The van der Waals surface area contributed by atoms with Crippen LogP contribution in [0.1, 0.15) is 41.3 Å². The zero-order valence-electron chi connectivity index (χ0n) is 15.4. The minimum atomic E-state index is 0.181. The normalized spacial score (nSPS) is 17.3. The van der Waals surface area contributed by atoms with Gasteiger partial charge in [-0.2, -0.15) is 0 Å². The molecule has 0 saturated carbocycles. The highest BCUT2D eigenvalue weighted by Gasteiger charge is 2.30. The molecule has 3 rings (SSSR count). The van der Waals surface area contributed by atoms with Gasteiger partial charge in [-0.05, 0) is 62.7 Å². The predicted octanol–water partition coefficient (Wildman–Crippen LogP) is 3.36. The number of carbonyl (C=O) groups is 1. The molecule has 132 valence electrons. The van der Waals surface area contributed by atoms with Gasteiger partial charge in [0.1, 0.15) is 0 Å². The molecule has 1 unspecified atom stereocenters. The number of hydrogen-bond acceptors (Lipinski definition) is 3. The zero-order chi connectivity index (χ0) is 17.8. The van der Waals surface area contributed by atoms with Gasteiger partial charge in [-0.25, -0.2) is 0 Å². The fourth-order valence-corrected chi connectivity index (χ4v) is 3.60. The molecule has 25 heavy (non-hydrogen) atoms. The van der Waals surface area contributed by atoms with Crippen molar-refractivity contribution in [2.24, 2.45) is 0 Å². The Morgan fingerprint density at radius 1 is 1.28 bits per heavy atom. The number of likely N-dealkylation sites (tertiary alicyclic amines) is 1. The smallest absolute Gasteiger partial charge is 0.227 e. The van der Waals surface area contributed by atoms with Gasteiger partial charge in [0.25, 0.3) is 0 Å². The van der Waals surface area contributed by atoms with E-state index in [9.17, 15) is 4.79 Å². The van der Waals surface area contributed by atoms with Crippen molar-refractivity contribution >= 4 is 5.91 Å². The molecule has 4 heteroatoms. The standard InChI is InChI=1S/C21H27N3O/c1-16-7-4-5-8-17(16)14-21(25)24-12-6-9-20(24)18-10-11-22-19(13-18)15-23(2)3/h4-5,7-8,10-11,13,20H,6,9,12,14-15H2,1-3H3. The third-order valence-corrected chi connectivity index (χ3v) is 4.88. The second-order valence-electron chi connectivity index (χ2n) is 7.17. The number of rotatable bonds is 5. The summed E-state index contributed by atoms with van der Waals surface area (Å²) in [4.78, 5) is 21.5. The summed E-state index contributed by atoms with van der Waals surface area (Å²) in [5, 5.41) is 0. The van der Waals surface area contributed by atoms with Crippen LogP contribution in [-0.4, -0.2) is 41.3 Å². The second kappa shape index (κ2) is 7.79. The molecule has 0 bridgehead atoms. The van der Waals surface area contributed by atoms with E-state index in [1.807, 2.05) is 32.4 Å². The van der Waals surface area contributed by atoms with Crippen LogP contribution in [0.25, 0.3) is 0 Å². The van der Waals surface area contributed by atoms with Crippen LogP contribution >= 0.6 is 0 Å². The van der Waals surface area contributed by atoms with E-state index in [0.29, 0.717) is 6.42 Å². The summed E-state index contributed by atoms with van der Waals surface area (Å²) in [5.41, 5.74) is 4.58. The summed E-state index contributed by atoms with van der Waals surface area (Å²) in [6.45, 7) is 3.74. The van der Waals surface area contributed by atoms with Gasteiger partial charge in [-0.1, -0.05) is 24.3 Å². The lowest BCUT2D eigenvalue weighted by Gasteiger charge is -2.26. The van der Waals surface area contributed by atoms with Crippen molar-refractivity contribution in [3.05, 3.63) is 65.0 Å². The maximum absolute atomic E-state index is 12.9. The quantitative estimate of drug-likeness (QED) is 0.839.